The summed E-state index contributed by atoms with van der Waals surface area (Å²) in [6.45, 7) is 6.01. The lowest BCUT2D eigenvalue weighted by Gasteiger charge is -2.33. The molecule has 0 radical (unpaired) electrons. The highest BCUT2D eigenvalue weighted by atomic mass is 127. The third kappa shape index (κ3) is 5.52. The van der Waals surface area contributed by atoms with Crippen LogP contribution in [0.25, 0.3) is 0 Å². The lowest BCUT2D eigenvalue weighted by atomic mass is 10.0. The Bertz CT molecular complexity index is 677. The first kappa shape index (κ1) is 19.9. The Labute approximate surface area is 159 Å². The van der Waals surface area contributed by atoms with Gasteiger partial charge in [-0.05, 0) is 62.3 Å². The summed E-state index contributed by atoms with van der Waals surface area (Å²) in [5.41, 5.74) is -0.772. The number of alkyl carbamates (subject to hydrolysis) is 1. The maximum absolute atomic E-state index is 13.9. The Hall–Kier alpha value is -1.45. The highest BCUT2D eigenvalue weighted by Gasteiger charge is 2.28. The number of rotatable bonds is 2. The number of hydrogen-bond acceptors (Lipinski definition) is 3. The number of nitrogens with one attached hydrogen (secondary N) is 1. The number of nitrogens with zero attached hydrogens (tertiary/aromatic N) is 1. The van der Waals surface area contributed by atoms with Crippen molar-refractivity contribution in [1.82, 2.24) is 10.2 Å². The lowest BCUT2D eigenvalue weighted by Crippen LogP contribution is -2.50. The van der Waals surface area contributed by atoms with Crippen molar-refractivity contribution in [1.29, 1.82) is 0 Å². The fourth-order valence-electron chi connectivity index (χ4n) is 2.61. The molecule has 1 aromatic rings. The van der Waals surface area contributed by atoms with E-state index < -0.39 is 29.2 Å². The van der Waals surface area contributed by atoms with Crippen molar-refractivity contribution in [3.8, 4) is 0 Å². The Balaban J connectivity index is 2.04. The van der Waals surface area contributed by atoms with Gasteiger partial charge in [-0.25, -0.2) is 13.6 Å². The SMILES string of the molecule is CC(C)(C)OC(=O)NC1CCCN(C(=O)c2cc(I)c(F)cc2F)C1. The van der Waals surface area contributed by atoms with Crippen LogP contribution < -0.4 is 5.32 Å². The zero-order valence-electron chi connectivity index (χ0n) is 14.4. The summed E-state index contributed by atoms with van der Waals surface area (Å²) in [6, 6.07) is 1.66. The molecule has 1 N–H and O–H groups in total. The van der Waals surface area contributed by atoms with Crippen LogP contribution in [-0.4, -0.2) is 41.6 Å². The summed E-state index contributed by atoms with van der Waals surface area (Å²) in [5, 5.41) is 2.74. The number of benzene rings is 1. The summed E-state index contributed by atoms with van der Waals surface area (Å²) in [7, 11) is 0. The molecule has 0 bridgehead atoms. The van der Waals surface area contributed by atoms with E-state index in [4.69, 9.17) is 4.74 Å². The van der Waals surface area contributed by atoms with Gasteiger partial charge in [0.25, 0.3) is 5.91 Å². The van der Waals surface area contributed by atoms with Crippen molar-refractivity contribution in [2.75, 3.05) is 13.1 Å². The molecule has 0 saturated carbocycles. The van der Waals surface area contributed by atoms with Gasteiger partial charge in [-0.1, -0.05) is 0 Å². The molecular weight excluding hydrogens is 445 g/mol. The van der Waals surface area contributed by atoms with Crippen LogP contribution in [0.3, 0.4) is 0 Å². The van der Waals surface area contributed by atoms with Crippen molar-refractivity contribution in [3.63, 3.8) is 0 Å². The van der Waals surface area contributed by atoms with Crippen LogP contribution in [0.15, 0.2) is 12.1 Å². The highest BCUT2D eigenvalue weighted by molar-refractivity contribution is 14.1. The highest BCUT2D eigenvalue weighted by Crippen LogP contribution is 2.20. The molecule has 2 amide bonds. The minimum atomic E-state index is -0.884. The fraction of sp³-hybridized carbons (Fsp3) is 0.529. The Morgan fingerprint density at radius 3 is 2.60 bits per heavy atom. The van der Waals surface area contributed by atoms with Crippen LogP contribution in [0.2, 0.25) is 0 Å². The number of halogens is 3. The standard InChI is InChI=1S/C17H21F2IN2O3/c1-17(2,3)25-16(24)21-10-5-4-6-22(9-10)15(23)11-7-14(20)13(19)8-12(11)18/h7-8,10H,4-6,9H2,1-3H3,(H,21,24). The molecule has 2 rings (SSSR count). The first-order valence-corrected chi connectivity index (χ1v) is 9.08. The third-order valence-electron chi connectivity index (χ3n) is 3.67. The summed E-state index contributed by atoms with van der Waals surface area (Å²) in [5.74, 6) is -2.09. The van der Waals surface area contributed by atoms with E-state index in [1.807, 2.05) is 0 Å². The maximum atomic E-state index is 13.9. The molecule has 0 aromatic heterocycles. The Morgan fingerprint density at radius 2 is 1.96 bits per heavy atom. The monoisotopic (exact) mass is 466 g/mol. The van der Waals surface area contributed by atoms with Gasteiger partial charge in [0.05, 0.1) is 5.56 Å². The number of ether oxygens (including phenoxy) is 1. The van der Waals surface area contributed by atoms with E-state index in [2.05, 4.69) is 5.32 Å². The van der Waals surface area contributed by atoms with Gasteiger partial charge in [-0.3, -0.25) is 4.79 Å². The molecule has 1 fully saturated rings. The predicted molar refractivity (Wildman–Crippen MR) is 97.4 cm³/mol. The molecule has 1 aliphatic heterocycles. The van der Waals surface area contributed by atoms with E-state index in [1.54, 1.807) is 43.4 Å². The predicted octanol–water partition coefficient (Wildman–Crippen LogP) is 3.70. The van der Waals surface area contributed by atoms with Gasteiger partial charge in [0.2, 0.25) is 0 Å². The molecule has 1 saturated heterocycles. The summed E-state index contributed by atoms with van der Waals surface area (Å²) in [4.78, 5) is 25.9. The summed E-state index contributed by atoms with van der Waals surface area (Å²) in [6.07, 6.45) is 0.827. The normalized spacial score (nSPS) is 18.0. The third-order valence-corrected chi connectivity index (χ3v) is 4.50. The van der Waals surface area contributed by atoms with E-state index in [-0.39, 0.29) is 21.7 Å². The fourth-order valence-corrected chi connectivity index (χ4v) is 3.08. The van der Waals surface area contributed by atoms with Crippen molar-refractivity contribution >= 4 is 34.6 Å². The minimum absolute atomic E-state index is 0.163. The smallest absolute Gasteiger partial charge is 0.407 e. The lowest BCUT2D eigenvalue weighted by molar-refractivity contribution is 0.0451. The molecule has 138 valence electrons. The molecule has 1 aliphatic rings. The second-order valence-corrected chi connectivity index (χ2v) is 8.14. The van der Waals surface area contributed by atoms with Crippen molar-refractivity contribution < 1.29 is 23.1 Å². The molecule has 1 aromatic carbocycles. The number of likely N-dealkylation sites (tertiary alicyclic amines) is 1. The zero-order chi connectivity index (χ0) is 18.8. The first-order valence-electron chi connectivity index (χ1n) is 8.00. The van der Waals surface area contributed by atoms with Gasteiger partial charge in [0.15, 0.2) is 0 Å². The number of carbonyl (C=O) groups excluding carboxylic acids is 2. The summed E-state index contributed by atoms with van der Waals surface area (Å²) < 4.78 is 32.7. The van der Waals surface area contributed by atoms with Gasteiger partial charge in [-0.2, -0.15) is 0 Å². The molecular formula is C17H21F2IN2O3. The van der Waals surface area contributed by atoms with Crippen molar-refractivity contribution in [2.45, 2.75) is 45.3 Å². The second-order valence-electron chi connectivity index (χ2n) is 6.98. The van der Waals surface area contributed by atoms with Crippen LogP contribution in [-0.2, 0) is 4.74 Å². The molecule has 0 spiro atoms. The van der Waals surface area contributed by atoms with Crippen molar-refractivity contribution in [2.24, 2.45) is 0 Å². The molecule has 5 nitrogen and oxygen atoms in total. The molecule has 25 heavy (non-hydrogen) atoms. The largest absolute Gasteiger partial charge is 0.444 e. The van der Waals surface area contributed by atoms with E-state index in [0.29, 0.717) is 19.4 Å². The van der Waals surface area contributed by atoms with Gasteiger partial charge in [0.1, 0.15) is 17.2 Å². The van der Waals surface area contributed by atoms with Crippen molar-refractivity contribution in [3.05, 3.63) is 32.9 Å². The van der Waals surface area contributed by atoms with Crippen LogP contribution in [0.4, 0.5) is 13.6 Å². The van der Waals surface area contributed by atoms with Crippen LogP contribution in [0.5, 0.6) is 0 Å². The molecule has 1 atom stereocenters. The van der Waals surface area contributed by atoms with Crippen LogP contribution in [0, 0.1) is 15.2 Å². The number of carbonyl (C=O) groups is 2. The number of hydrogen-bond donors (Lipinski definition) is 1. The first-order chi connectivity index (χ1) is 11.6. The van der Waals surface area contributed by atoms with E-state index in [1.165, 1.54) is 11.0 Å². The quantitative estimate of drug-likeness (QED) is 0.535. The van der Waals surface area contributed by atoms with E-state index >= 15 is 0 Å². The topological polar surface area (TPSA) is 58.6 Å². The molecule has 0 aliphatic carbocycles. The van der Waals surface area contributed by atoms with Gasteiger partial charge in [-0.15, -0.1) is 0 Å². The molecule has 1 unspecified atom stereocenters. The average molecular weight is 466 g/mol. The van der Waals surface area contributed by atoms with Crippen LogP contribution >= 0.6 is 22.6 Å². The van der Waals surface area contributed by atoms with Gasteiger partial charge >= 0.3 is 6.09 Å². The Morgan fingerprint density at radius 1 is 1.28 bits per heavy atom. The maximum Gasteiger partial charge on any atom is 0.407 e. The van der Waals surface area contributed by atoms with E-state index in [0.717, 1.165) is 6.07 Å². The minimum Gasteiger partial charge on any atom is -0.444 e. The second kappa shape index (κ2) is 7.84. The average Bonchev–Trinajstić information content (AvgIpc) is 2.48. The number of amides is 2. The van der Waals surface area contributed by atoms with Gasteiger partial charge in [0, 0.05) is 28.8 Å². The molecule has 1 heterocycles. The molecule has 8 heteroatoms. The zero-order valence-corrected chi connectivity index (χ0v) is 16.5. The summed E-state index contributed by atoms with van der Waals surface area (Å²) >= 11 is 1.72. The van der Waals surface area contributed by atoms with Gasteiger partial charge < -0.3 is 15.0 Å². The van der Waals surface area contributed by atoms with E-state index in [9.17, 15) is 18.4 Å². The number of piperidine rings is 1. The van der Waals surface area contributed by atoms with Crippen LogP contribution in [0.1, 0.15) is 44.0 Å². The Kier molecular flexibility index (Phi) is 6.23.